The predicted molar refractivity (Wildman–Crippen MR) is 65.7 cm³/mol. The number of hydrogen-bond acceptors (Lipinski definition) is 4. The van der Waals surface area contributed by atoms with Gasteiger partial charge in [0.1, 0.15) is 5.69 Å². The second-order valence-electron chi connectivity index (χ2n) is 3.56. The van der Waals surface area contributed by atoms with Crippen LogP contribution < -0.4 is 5.32 Å². The summed E-state index contributed by atoms with van der Waals surface area (Å²) >= 11 is 1.42. The molecule has 2 aromatic rings. The molecule has 17 heavy (non-hydrogen) atoms. The molecule has 0 atom stereocenters. The number of hydrogen-bond donors (Lipinski definition) is 2. The molecule has 0 unspecified atom stereocenters. The third-order valence-corrected chi connectivity index (χ3v) is 3.32. The van der Waals surface area contributed by atoms with Crippen molar-refractivity contribution < 1.29 is 9.59 Å². The number of anilines is 1. The Balaban J connectivity index is 2.13. The molecule has 5 nitrogen and oxygen atoms in total. The quantitative estimate of drug-likeness (QED) is 0.818. The van der Waals surface area contributed by atoms with Gasteiger partial charge in [0.15, 0.2) is 11.4 Å². The van der Waals surface area contributed by atoms with Crippen LogP contribution >= 0.6 is 11.3 Å². The minimum Gasteiger partial charge on any atom is -0.348 e. The average molecular weight is 249 g/mol. The van der Waals surface area contributed by atoms with Gasteiger partial charge in [0.05, 0.1) is 11.4 Å². The number of aromatic amines is 1. The number of aryl methyl sites for hydroxylation is 2. The lowest BCUT2D eigenvalue weighted by molar-refractivity contribution is 0.102. The van der Waals surface area contributed by atoms with Gasteiger partial charge >= 0.3 is 0 Å². The summed E-state index contributed by atoms with van der Waals surface area (Å²) in [4.78, 5) is 30.2. The summed E-state index contributed by atoms with van der Waals surface area (Å²) in [6, 6.07) is 3.12. The van der Waals surface area contributed by atoms with Crippen molar-refractivity contribution in [1.82, 2.24) is 9.97 Å². The highest BCUT2D eigenvalue weighted by Crippen LogP contribution is 2.21. The summed E-state index contributed by atoms with van der Waals surface area (Å²) in [5, 5.41) is 3.24. The Bertz CT molecular complexity index is 552. The van der Waals surface area contributed by atoms with Crippen LogP contribution in [0.5, 0.6) is 0 Å². The fourth-order valence-corrected chi connectivity index (χ4v) is 2.11. The molecule has 88 valence electrons. The van der Waals surface area contributed by atoms with Crippen molar-refractivity contribution in [3.05, 3.63) is 34.1 Å². The number of carbonyl (C=O) groups is 2. The summed E-state index contributed by atoms with van der Waals surface area (Å²) in [5.41, 5.74) is 1.63. The van der Waals surface area contributed by atoms with Gasteiger partial charge in [-0.25, -0.2) is 4.98 Å². The Morgan fingerprint density at radius 3 is 2.76 bits per heavy atom. The Morgan fingerprint density at radius 2 is 2.24 bits per heavy atom. The Kier molecular flexibility index (Phi) is 3.06. The van der Waals surface area contributed by atoms with Crippen LogP contribution in [-0.2, 0) is 0 Å². The van der Waals surface area contributed by atoms with Crippen LogP contribution in [0.1, 0.15) is 31.5 Å². The number of aldehydes is 1. The number of carbonyl (C=O) groups excluding carboxylic acids is 2. The van der Waals surface area contributed by atoms with E-state index in [9.17, 15) is 9.59 Å². The topological polar surface area (TPSA) is 74.8 Å². The molecule has 0 aliphatic carbocycles. The summed E-state index contributed by atoms with van der Waals surface area (Å²) in [6.45, 7) is 3.84. The zero-order chi connectivity index (χ0) is 12.4. The largest absolute Gasteiger partial charge is 0.348 e. The molecule has 0 saturated carbocycles. The van der Waals surface area contributed by atoms with Crippen LogP contribution in [0, 0.1) is 13.8 Å². The maximum absolute atomic E-state index is 11.8. The molecule has 0 bridgehead atoms. The monoisotopic (exact) mass is 249 g/mol. The summed E-state index contributed by atoms with van der Waals surface area (Å²) in [5.74, 6) is -0.299. The molecular weight excluding hydrogens is 238 g/mol. The smallest absolute Gasteiger partial charge is 0.273 e. The van der Waals surface area contributed by atoms with Gasteiger partial charge in [-0.15, -0.1) is 11.3 Å². The van der Waals surface area contributed by atoms with E-state index < -0.39 is 0 Å². The van der Waals surface area contributed by atoms with Gasteiger partial charge in [-0.05, 0) is 26.0 Å². The van der Waals surface area contributed by atoms with Crippen molar-refractivity contribution in [2.24, 2.45) is 0 Å². The third kappa shape index (κ3) is 2.42. The summed E-state index contributed by atoms with van der Waals surface area (Å²) in [6.07, 6.45) is 0.661. The molecule has 0 radical (unpaired) electrons. The molecule has 0 aliphatic rings. The molecule has 0 saturated heterocycles. The van der Waals surface area contributed by atoms with E-state index in [4.69, 9.17) is 0 Å². The molecule has 0 aliphatic heterocycles. The number of amides is 1. The highest BCUT2D eigenvalue weighted by atomic mass is 32.1. The lowest BCUT2D eigenvalue weighted by Gasteiger charge is -1.97. The maximum Gasteiger partial charge on any atom is 0.273 e. The lowest BCUT2D eigenvalue weighted by Crippen LogP contribution is -2.12. The molecule has 0 fully saturated rings. The summed E-state index contributed by atoms with van der Waals surface area (Å²) < 4.78 is 0. The molecule has 2 heterocycles. The van der Waals surface area contributed by atoms with Crippen molar-refractivity contribution in [2.75, 3.05) is 5.32 Å². The third-order valence-electron chi connectivity index (χ3n) is 2.33. The van der Waals surface area contributed by atoms with Crippen molar-refractivity contribution in [3.8, 4) is 0 Å². The van der Waals surface area contributed by atoms with Gasteiger partial charge in [0, 0.05) is 4.88 Å². The molecule has 2 rings (SSSR count). The van der Waals surface area contributed by atoms with E-state index in [1.165, 1.54) is 11.3 Å². The van der Waals surface area contributed by atoms with Crippen LogP contribution in [0.25, 0.3) is 0 Å². The Morgan fingerprint density at radius 1 is 1.47 bits per heavy atom. The fraction of sp³-hybridized carbons (Fsp3) is 0.182. The van der Waals surface area contributed by atoms with Crippen molar-refractivity contribution in [2.45, 2.75) is 13.8 Å². The van der Waals surface area contributed by atoms with Crippen molar-refractivity contribution in [1.29, 1.82) is 0 Å². The fourth-order valence-electron chi connectivity index (χ4n) is 1.30. The first kappa shape index (κ1) is 11.5. The minimum absolute atomic E-state index is 0.299. The van der Waals surface area contributed by atoms with Crippen LogP contribution in [0.2, 0.25) is 0 Å². The van der Waals surface area contributed by atoms with Gasteiger partial charge in [0.2, 0.25) is 0 Å². The normalized spacial score (nSPS) is 10.2. The van der Waals surface area contributed by atoms with E-state index in [1.54, 1.807) is 12.1 Å². The number of rotatable bonds is 3. The van der Waals surface area contributed by atoms with Gasteiger partial charge in [-0.2, -0.15) is 0 Å². The first-order valence-corrected chi connectivity index (χ1v) is 5.81. The molecule has 0 spiro atoms. The van der Waals surface area contributed by atoms with Crippen LogP contribution in [0.4, 0.5) is 5.13 Å². The Hall–Kier alpha value is -1.95. The molecule has 6 heteroatoms. The highest BCUT2D eigenvalue weighted by molar-refractivity contribution is 7.15. The van der Waals surface area contributed by atoms with Crippen LogP contribution in [-0.4, -0.2) is 22.2 Å². The van der Waals surface area contributed by atoms with E-state index in [0.717, 1.165) is 10.6 Å². The summed E-state index contributed by atoms with van der Waals surface area (Å²) in [7, 11) is 0. The van der Waals surface area contributed by atoms with Gasteiger partial charge in [0.25, 0.3) is 5.91 Å². The van der Waals surface area contributed by atoms with E-state index in [1.807, 2.05) is 13.8 Å². The number of nitrogens with zero attached hydrogens (tertiary/aromatic N) is 1. The van der Waals surface area contributed by atoms with E-state index in [-0.39, 0.29) is 5.91 Å². The highest BCUT2D eigenvalue weighted by Gasteiger charge is 2.11. The molecule has 2 aromatic heterocycles. The van der Waals surface area contributed by atoms with Crippen LogP contribution in [0.15, 0.2) is 12.1 Å². The molecule has 1 amide bonds. The number of nitrogens with one attached hydrogen (secondary N) is 2. The number of H-pyrrole nitrogens is 1. The van der Waals surface area contributed by atoms with E-state index >= 15 is 0 Å². The lowest BCUT2D eigenvalue weighted by atomic mass is 10.4. The van der Waals surface area contributed by atoms with E-state index in [0.29, 0.717) is 22.8 Å². The molecule has 2 N–H and O–H groups in total. The SMILES string of the molecule is Cc1nc(NC(=O)c2ccc(C=O)[nH]2)sc1C. The standard InChI is InChI=1S/C11H11N3O2S/c1-6-7(2)17-11(12-6)14-10(16)9-4-3-8(5-15)13-9/h3-5,13H,1-2H3,(H,12,14,16). The van der Waals surface area contributed by atoms with Gasteiger partial charge in [-0.3, -0.25) is 14.9 Å². The van der Waals surface area contributed by atoms with Crippen molar-refractivity contribution >= 4 is 28.7 Å². The first-order chi connectivity index (χ1) is 8.10. The second kappa shape index (κ2) is 4.50. The van der Waals surface area contributed by atoms with E-state index in [2.05, 4.69) is 15.3 Å². The molecule has 0 aromatic carbocycles. The van der Waals surface area contributed by atoms with Crippen molar-refractivity contribution in [3.63, 3.8) is 0 Å². The first-order valence-electron chi connectivity index (χ1n) is 4.99. The van der Waals surface area contributed by atoms with Gasteiger partial charge < -0.3 is 4.98 Å². The van der Waals surface area contributed by atoms with Crippen LogP contribution in [0.3, 0.4) is 0 Å². The number of aromatic nitrogens is 2. The zero-order valence-electron chi connectivity index (χ0n) is 9.40. The van der Waals surface area contributed by atoms with Gasteiger partial charge in [-0.1, -0.05) is 0 Å². The maximum atomic E-state index is 11.8. The minimum atomic E-state index is -0.299. The zero-order valence-corrected chi connectivity index (χ0v) is 10.2. The predicted octanol–water partition coefficient (Wildman–Crippen LogP) is 2.15. The molecular formula is C11H11N3O2S. The number of thiazole rings is 1. The Labute approximate surface area is 102 Å². The average Bonchev–Trinajstić information content (AvgIpc) is 2.87. The second-order valence-corrected chi connectivity index (χ2v) is 4.76.